The van der Waals surface area contributed by atoms with Gasteiger partial charge in [-0.15, -0.1) is 5.92 Å². The van der Waals surface area contributed by atoms with Gasteiger partial charge >= 0.3 is 0 Å². The van der Waals surface area contributed by atoms with Gasteiger partial charge in [0.2, 0.25) is 0 Å². The van der Waals surface area contributed by atoms with Crippen LogP contribution in [0.3, 0.4) is 0 Å². The molecule has 0 aromatic carbocycles. The zero-order valence-corrected chi connectivity index (χ0v) is 13.7. The first-order valence-corrected chi connectivity index (χ1v) is 9.46. The second kappa shape index (κ2) is 4.40. The Labute approximate surface area is 133 Å². The summed E-state index contributed by atoms with van der Waals surface area (Å²) in [6.45, 7) is 2.56. The second-order valence-corrected chi connectivity index (χ2v) is 8.99. The first-order valence-electron chi connectivity index (χ1n) is 9.46. The number of hydrogen-bond acceptors (Lipinski definition) is 0. The van der Waals surface area contributed by atoms with Crippen molar-refractivity contribution in [3.05, 3.63) is 11.6 Å². The lowest BCUT2D eigenvalue weighted by Gasteiger charge is -2.56. The maximum atomic E-state index is 13.8. The fourth-order valence-corrected chi connectivity index (χ4v) is 7.15. The Bertz CT molecular complexity index is 593. The first-order chi connectivity index (χ1) is 10.6. The summed E-state index contributed by atoms with van der Waals surface area (Å²) in [6.07, 6.45) is 12.4. The largest absolute Gasteiger partial charge is 0.247 e. The molecule has 0 heterocycles. The van der Waals surface area contributed by atoms with Crippen LogP contribution in [0.25, 0.3) is 0 Å². The molecule has 0 saturated heterocycles. The van der Waals surface area contributed by atoms with Crippen molar-refractivity contribution in [2.45, 2.75) is 70.9 Å². The molecule has 0 bridgehead atoms. The van der Waals surface area contributed by atoms with Crippen LogP contribution in [0.1, 0.15) is 64.7 Å². The number of hydrogen-bond donors (Lipinski definition) is 0. The lowest BCUT2D eigenvalue weighted by atomic mass is 9.48. The molecule has 7 atom stereocenters. The minimum Gasteiger partial charge on any atom is -0.247 e. The Morgan fingerprint density at radius 3 is 2.77 bits per heavy atom. The van der Waals surface area contributed by atoms with Crippen molar-refractivity contribution in [3.8, 4) is 11.8 Å². The molecule has 118 valence electrons. The standard InChI is InChI=1S/C21H27F/c1-20-11-7-17-16-6-4-15(22)13-14(16)3-5-18(17)19(20)8-12-21(20)9-2-10-21/h3,15-19H,4-9,11-13H2,1H3. The molecular weight excluding hydrogens is 271 g/mol. The predicted octanol–water partition coefficient (Wildman–Crippen LogP) is 5.29. The predicted molar refractivity (Wildman–Crippen MR) is 86.8 cm³/mol. The van der Waals surface area contributed by atoms with E-state index in [1.54, 1.807) is 0 Å². The van der Waals surface area contributed by atoms with Gasteiger partial charge in [-0.1, -0.05) is 24.5 Å². The average Bonchev–Trinajstić information content (AvgIpc) is 2.79. The summed E-state index contributed by atoms with van der Waals surface area (Å²) < 4.78 is 13.8. The Morgan fingerprint density at radius 1 is 1.14 bits per heavy atom. The molecule has 0 aromatic heterocycles. The summed E-state index contributed by atoms with van der Waals surface area (Å²) in [5.41, 5.74) is 2.34. The highest BCUT2D eigenvalue weighted by atomic mass is 19.1. The molecule has 5 rings (SSSR count). The molecule has 3 saturated carbocycles. The fourth-order valence-electron chi connectivity index (χ4n) is 7.15. The monoisotopic (exact) mass is 298 g/mol. The van der Waals surface area contributed by atoms with Crippen LogP contribution < -0.4 is 0 Å². The molecule has 0 N–H and O–H groups in total. The zero-order chi connectivity index (χ0) is 14.9. The molecular formula is C21H27F. The van der Waals surface area contributed by atoms with Crippen LogP contribution in [-0.2, 0) is 0 Å². The Balaban J connectivity index is 1.47. The Morgan fingerprint density at radius 2 is 2.00 bits per heavy atom. The van der Waals surface area contributed by atoms with Gasteiger partial charge in [-0.2, -0.15) is 0 Å². The third kappa shape index (κ3) is 1.55. The SMILES string of the molecule is CC12CCC3C4CCC(F)CC4=CCC3C1CCC21C#CC1. The van der Waals surface area contributed by atoms with Gasteiger partial charge in [-0.3, -0.25) is 0 Å². The average molecular weight is 298 g/mol. The van der Waals surface area contributed by atoms with Crippen LogP contribution in [0.2, 0.25) is 0 Å². The Hall–Kier alpha value is -0.770. The van der Waals surface area contributed by atoms with Crippen molar-refractivity contribution >= 4 is 0 Å². The number of allylic oxidation sites excluding steroid dienone is 2. The van der Waals surface area contributed by atoms with Gasteiger partial charge in [0.05, 0.1) is 0 Å². The number of alkyl halides is 1. The molecule has 7 unspecified atom stereocenters. The van der Waals surface area contributed by atoms with Crippen molar-refractivity contribution in [1.82, 2.24) is 0 Å². The van der Waals surface area contributed by atoms with E-state index in [0.29, 0.717) is 10.8 Å². The van der Waals surface area contributed by atoms with Crippen LogP contribution in [0.15, 0.2) is 11.6 Å². The number of fused-ring (bicyclic) bond motifs is 6. The maximum Gasteiger partial charge on any atom is 0.104 e. The van der Waals surface area contributed by atoms with Crippen molar-refractivity contribution < 1.29 is 4.39 Å². The number of halogens is 1. The van der Waals surface area contributed by atoms with E-state index in [1.807, 2.05) is 0 Å². The fraction of sp³-hybridized carbons (Fsp3) is 0.810. The van der Waals surface area contributed by atoms with Crippen LogP contribution in [0.4, 0.5) is 4.39 Å². The molecule has 0 nitrogen and oxygen atoms in total. The lowest BCUT2D eigenvalue weighted by molar-refractivity contribution is -0.0357. The molecule has 3 fully saturated rings. The summed E-state index contributed by atoms with van der Waals surface area (Å²) in [7, 11) is 0. The molecule has 0 aliphatic heterocycles. The highest BCUT2D eigenvalue weighted by Crippen LogP contribution is 2.69. The summed E-state index contributed by atoms with van der Waals surface area (Å²) in [6, 6.07) is 0. The van der Waals surface area contributed by atoms with Gasteiger partial charge in [-0.25, -0.2) is 4.39 Å². The van der Waals surface area contributed by atoms with Crippen molar-refractivity contribution in [3.63, 3.8) is 0 Å². The zero-order valence-electron chi connectivity index (χ0n) is 13.7. The van der Waals surface area contributed by atoms with E-state index in [2.05, 4.69) is 24.8 Å². The van der Waals surface area contributed by atoms with E-state index >= 15 is 0 Å². The van der Waals surface area contributed by atoms with E-state index in [1.165, 1.54) is 37.7 Å². The van der Waals surface area contributed by atoms with E-state index < -0.39 is 6.17 Å². The van der Waals surface area contributed by atoms with Crippen LogP contribution >= 0.6 is 0 Å². The van der Waals surface area contributed by atoms with Gasteiger partial charge in [-0.05, 0) is 80.5 Å². The summed E-state index contributed by atoms with van der Waals surface area (Å²) in [4.78, 5) is 0. The van der Waals surface area contributed by atoms with Crippen molar-refractivity contribution in [2.75, 3.05) is 0 Å². The molecule has 0 radical (unpaired) electrons. The van der Waals surface area contributed by atoms with Crippen molar-refractivity contribution in [1.29, 1.82) is 0 Å². The summed E-state index contributed by atoms with van der Waals surface area (Å²) >= 11 is 0. The molecule has 0 amide bonds. The van der Waals surface area contributed by atoms with E-state index in [9.17, 15) is 4.39 Å². The van der Waals surface area contributed by atoms with Gasteiger partial charge < -0.3 is 0 Å². The third-order valence-electron chi connectivity index (χ3n) is 8.47. The van der Waals surface area contributed by atoms with Crippen LogP contribution in [0.5, 0.6) is 0 Å². The molecule has 0 aromatic rings. The minimum atomic E-state index is -0.562. The summed E-state index contributed by atoms with van der Waals surface area (Å²) in [5.74, 6) is 10.2. The lowest BCUT2D eigenvalue weighted by Crippen LogP contribution is -2.50. The smallest absolute Gasteiger partial charge is 0.104 e. The first kappa shape index (κ1) is 13.6. The normalized spacial score (nSPS) is 55.2. The quantitative estimate of drug-likeness (QED) is 0.421. The highest BCUT2D eigenvalue weighted by molar-refractivity contribution is 5.34. The molecule has 1 heteroatoms. The van der Waals surface area contributed by atoms with E-state index in [-0.39, 0.29) is 0 Å². The van der Waals surface area contributed by atoms with E-state index in [4.69, 9.17) is 0 Å². The Kier molecular flexibility index (Phi) is 2.73. The minimum absolute atomic E-state index is 0.378. The molecule has 22 heavy (non-hydrogen) atoms. The molecule has 1 spiro atoms. The topological polar surface area (TPSA) is 0 Å². The van der Waals surface area contributed by atoms with Gasteiger partial charge in [0, 0.05) is 11.8 Å². The number of rotatable bonds is 0. The summed E-state index contributed by atoms with van der Waals surface area (Å²) in [5, 5.41) is 0. The third-order valence-corrected chi connectivity index (χ3v) is 8.47. The maximum absolute atomic E-state index is 13.8. The molecule has 5 aliphatic carbocycles. The van der Waals surface area contributed by atoms with Crippen LogP contribution in [-0.4, -0.2) is 6.17 Å². The van der Waals surface area contributed by atoms with Crippen LogP contribution in [0, 0.1) is 46.3 Å². The molecule has 5 aliphatic rings. The highest BCUT2D eigenvalue weighted by Gasteiger charge is 2.62. The van der Waals surface area contributed by atoms with Gasteiger partial charge in [0.1, 0.15) is 6.17 Å². The van der Waals surface area contributed by atoms with Gasteiger partial charge in [0.15, 0.2) is 0 Å². The van der Waals surface area contributed by atoms with Gasteiger partial charge in [0.25, 0.3) is 0 Å². The second-order valence-electron chi connectivity index (χ2n) is 8.99. The van der Waals surface area contributed by atoms with Crippen molar-refractivity contribution in [2.24, 2.45) is 34.5 Å². The van der Waals surface area contributed by atoms with E-state index in [0.717, 1.165) is 49.4 Å².